The van der Waals surface area contributed by atoms with Crippen molar-refractivity contribution in [1.29, 1.82) is 0 Å². The Labute approximate surface area is 327 Å². The lowest BCUT2D eigenvalue weighted by atomic mass is 9.97. The molecule has 0 aliphatic rings. The van der Waals surface area contributed by atoms with Crippen LogP contribution < -0.4 is 0 Å². The number of fused-ring (bicyclic) bond motifs is 20. The van der Waals surface area contributed by atoms with Crippen LogP contribution >= 0.6 is 0 Å². The van der Waals surface area contributed by atoms with Crippen LogP contribution in [0.5, 0.6) is 0 Å². The van der Waals surface area contributed by atoms with Crippen LogP contribution in [0.4, 0.5) is 0 Å². The monoisotopic (exact) mass is 741 g/mol. The van der Waals surface area contributed by atoms with Gasteiger partial charge in [-0.05, 0) is 68.7 Å². The van der Waals surface area contributed by atoms with Crippen LogP contribution in [0.25, 0.3) is 137 Å². The number of rotatable bonds is 2. The van der Waals surface area contributed by atoms with E-state index < -0.39 is 0 Å². The highest BCUT2D eigenvalue weighted by Gasteiger charge is 2.28. The van der Waals surface area contributed by atoms with E-state index in [1.807, 2.05) is 36.4 Å². The minimum absolute atomic E-state index is 0.523. The van der Waals surface area contributed by atoms with E-state index in [2.05, 4.69) is 132 Å². The van der Waals surface area contributed by atoms with Crippen LogP contribution in [0.1, 0.15) is 0 Å². The fraction of sp³-hybridized carbons (Fsp3) is 0. The summed E-state index contributed by atoms with van der Waals surface area (Å²) in [5.74, 6) is 0.523. The average Bonchev–Trinajstić information content (AvgIpc) is 4.05. The number of furan rings is 3. The molecule has 0 atom stereocenters. The average molecular weight is 742 g/mol. The van der Waals surface area contributed by atoms with Gasteiger partial charge in [-0.2, -0.15) is 0 Å². The fourth-order valence-electron chi connectivity index (χ4n) is 9.79. The summed E-state index contributed by atoms with van der Waals surface area (Å²) in [5, 5.41) is 14.2. The molecule has 0 fully saturated rings. The maximum atomic E-state index is 6.96. The highest BCUT2D eigenvalue weighted by atomic mass is 16.3. The van der Waals surface area contributed by atoms with E-state index in [9.17, 15) is 0 Å². The van der Waals surface area contributed by atoms with E-state index in [1.165, 1.54) is 0 Å². The third-order valence-electron chi connectivity index (χ3n) is 12.2. The maximum absolute atomic E-state index is 6.96. The minimum Gasteiger partial charge on any atom is -0.456 e. The van der Waals surface area contributed by atoms with Crippen molar-refractivity contribution in [3.63, 3.8) is 0 Å². The molecule has 0 amide bonds. The number of nitrogens with zero attached hydrogens (tertiary/aromatic N) is 3. The molecule has 14 aromatic rings. The predicted molar refractivity (Wildman–Crippen MR) is 236 cm³/mol. The number of benzene rings is 9. The van der Waals surface area contributed by atoms with Gasteiger partial charge in [0.15, 0.2) is 11.2 Å². The SMILES string of the molecule is c1ccc2c(c1)ccc1c2c2c3ccccc3c3c4ccccc4oc3c2n1-c1nc(-c2cc3oc4ccccc4c3c3ccccc23)c2oc3ccccc3c2n1. The first-order valence-electron chi connectivity index (χ1n) is 19.5. The van der Waals surface area contributed by atoms with Crippen LogP contribution in [0.3, 0.4) is 0 Å². The minimum atomic E-state index is 0.523. The van der Waals surface area contributed by atoms with Gasteiger partial charge < -0.3 is 13.3 Å². The van der Waals surface area contributed by atoms with Crippen molar-refractivity contribution in [2.45, 2.75) is 0 Å². The number of aromatic nitrogens is 3. The molecule has 6 heteroatoms. The van der Waals surface area contributed by atoms with Crippen LogP contribution in [0.15, 0.2) is 177 Å². The third kappa shape index (κ3) is 3.81. The molecule has 0 unspecified atom stereocenters. The van der Waals surface area contributed by atoms with E-state index in [1.54, 1.807) is 0 Å². The van der Waals surface area contributed by atoms with Gasteiger partial charge in [-0.25, -0.2) is 9.97 Å². The Morgan fingerprint density at radius 2 is 0.931 bits per heavy atom. The molecule has 5 aromatic heterocycles. The molecule has 6 nitrogen and oxygen atoms in total. The van der Waals surface area contributed by atoms with Gasteiger partial charge in [0.2, 0.25) is 5.95 Å². The van der Waals surface area contributed by atoms with E-state index >= 15 is 0 Å². The van der Waals surface area contributed by atoms with Gasteiger partial charge in [0.1, 0.15) is 39.1 Å². The predicted octanol–water partition coefficient (Wildman–Crippen LogP) is 14.4. The standard InChI is InChI=1S/C52H27N3O3/c1-2-14-29-28(13-1)25-26-38-45(29)46-33-18-6-5-17-32(33)44-35-20-8-11-23-40(35)57-50(44)49(46)55(38)52-53-47-36-21-9-12-24-41(36)58-51(47)48(54-52)37-27-42-43(31-16-4-3-15-30(31)37)34-19-7-10-22-39(34)56-42/h1-27H. The van der Waals surface area contributed by atoms with E-state index in [0.29, 0.717) is 17.2 Å². The zero-order chi connectivity index (χ0) is 37.6. The summed E-state index contributed by atoms with van der Waals surface area (Å²) < 4.78 is 22.5. The molecule has 0 saturated carbocycles. The molecular weight excluding hydrogens is 715 g/mol. The van der Waals surface area contributed by atoms with Crippen molar-refractivity contribution in [2.24, 2.45) is 0 Å². The van der Waals surface area contributed by atoms with Crippen molar-refractivity contribution >= 4 is 120 Å². The second-order valence-electron chi connectivity index (χ2n) is 15.2. The first-order valence-corrected chi connectivity index (χ1v) is 19.5. The summed E-state index contributed by atoms with van der Waals surface area (Å²) in [7, 11) is 0. The molecule has 14 rings (SSSR count). The first-order chi connectivity index (χ1) is 28.8. The van der Waals surface area contributed by atoms with Crippen LogP contribution in [0.2, 0.25) is 0 Å². The topological polar surface area (TPSA) is 70.1 Å². The van der Waals surface area contributed by atoms with Gasteiger partial charge >= 0.3 is 0 Å². The van der Waals surface area contributed by atoms with Gasteiger partial charge in [-0.3, -0.25) is 4.57 Å². The fourth-order valence-corrected chi connectivity index (χ4v) is 9.79. The van der Waals surface area contributed by atoms with Crippen molar-refractivity contribution < 1.29 is 13.3 Å². The zero-order valence-electron chi connectivity index (χ0n) is 30.7. The Kier molecular flexibility index (Phi) is 5.68. The molecular formula is C52H27N3O3. The van der Waals surface area contributed by atoms with Crippen molar-refractivity contribution in [2.75, 3.05) is 0 Å². The summed E-state index contributed by atoms with van der Waals surface area (Å²) >= 11 is 0. The van der Waals surface area contributed by atoms with Crippen LogP contribution in [0, 0.1) is 0 Å². The Balaban J connectivity index is 1.22. The maximum Gasteiger partial charge on any atom is 0.236 e. The highest BCUT2D eigenvalue weighted by molar-refractivity contribution is 6.38. The Morgan fingerprint density at radius 3 is 1.69 bits per heavy atom. The third-order valence-corrected chi connectivity index (χ3v) is 12.2. The molecule has 5 heterocycles. The summed E-state index contributed by atoms with van der Waals surface area (Å²) in [4.78, 5) is 11.1. The second-order valence-corrected chi connectivity index (χ2v) is 15.2. The molecule has 0 N–H and O–H groups in total. The molecule has 9 aromatic carbocycles. The van der Waals surface area contributed by atoms with E-state index in [4.69, 9.17) is 23.2 Å². The lowest BCUT2D eigenvalue weighted by Crippen LogP contribution is -2.03. The number of para-hydroxylation sites is 3. The Hall–Kier alpha value is -7.96. The van der Waals surface area contributed by atoms with Crippen LogP contribution in [-0.4, -0.2) is 14.5 Å². The molecule has 0 saturated heterocycles. The van der Waals surface area contributed by atoms with Crippen molar-refractivity contribution in [3.05, 3.63) is 164 Å². The number of hydrogen-bond donors (Lipinski definition) is 0. The van der Waals surface area contributed by atoms with E-state index in [-0.39, 0.29) is 0 Å². The molecule has 0 spiro atoms. The Morgan fingerprint density at radius 1 is 0.379 bits per heavy atom. The summed E-state index contributed by atoms with van der Waals surface area (Å²) in [5.41, 5.74) is 8.87. The normalized spacial score (nSPS) is 12.5. The molecule has 0 radical (unpaired) electrons. The van der Waals surface area contributed by atoms with Gasteiger partial charge in [-0.1, -0.05) is 127 Å². The van der Waals surface area contributed by atoms with Gasteiger partial charge in [0, 0.05) is 43.3 Å². The van der Waals surface area contributed by atoms with E-state index in [0.717, 1.165) is 120 Å². The number of hydrogen-bond acceptors (Lipinski definition) is 5. The summed E-state index contributed by atoms with van der Waals surface area (Å²) in [6.07, 6.45) is 0. The first kappa shape index (κ1) is 30.3. The lowest BCUT2D eigenvalue weighted by Gasteiger charge is -2.12. The molecule has 0 aliphatic carbocycles. The Bertz CT molecular complexity index is 4110. The largest absolute Gasteiger partial charge is 0.456 e. The van der Waals surface area contributed by atoms with Crippen molar-refractivity contribution in [3.8, 4) is 17.2 Å². The molecule has 268 valence electrons. The quantitative estimate of drug-likeness (QED) is 0.176. The highest BCUT2D eigenvalue weighted by Crippen LogP contribution is 2.48. The summed E-state index contributed by atoms with van der Waals surface area (Å²) in [6.45, 7) is 0. The summed E-state index contributed by atoms with van der Waals surface area (Å²) in [6, 6.07) is 57.0. The lowest BCUT2D eigenvalue weighted by molar-refractivity contribution is 0.666. The molecule has 58 heavy (non-hydrogen) atoms. The van der Waals surface area contributed by atoms with Gasteiger partial charge in [-0.15, -0.1) is 0 Å². The molecule has 0 bridgehead atoms. The van der Waals surface area contributed by atoms with Gasteiger partial charge in [0.25, 0.3) is 0 Å². The smallest absolute Gasteiger partial charge is 0.236 e. The molecule has 0 aliphatic heterocycles. The zero-order valence-corrected chi connectivity index (χ0v) is 30.7. The van der Waals surface area contributed by atoms with Crippen molar-refractivity contribution in [1.82, 2.24) is 14.5 Å². The second kappa shape index (κ2) is 10.9. The van der Waals surface area contributed by atoms with Crippen LogP contribution in [-0.2, 0) is 0 Å². The van der Waals surface area contributed by atoms with Gasteiger partial charge in [0.05, 0.1) is 5.52 Å².